The molecule has 0 spiro atoms. The standard InChI is InChI=1S/C9H18O3Si/c1-7(2)11-9(6-10-13-5)12-8(3)4/h9H,1,3,6,13H2,2,4-5H3. The maximum Gasteiger partial charge on any atom is 0.261 e. The third-order valence-corrected chi connectivity index (χ3v) is 1.77. The molecule has 0 saturated carbocycles. The minimum atomic E-state index is -0.416. The number of rotatable bonds is 7. The first kappa shape index (κ1) is 12.3. The predicted octanol–water partition coefficient (Wildman–Crippen LogP) is 1.56. The Balaban J connectivity index is 3.87. The van der Waals surface area contributed by atoms with Crippen LogP contribution in [0.4, 0.5) is 0 Å². The molecule has 0 radical (unpaired) electrons. The average Bonchev–Trinajstić information content (AvgIpc) is 1.98. The highest BCUT2D eigenvalue weighted by atomic mass is 28.2. The molecule has 76 valence electrons. The Hall–Kier alpha value is -0.743. The third kappa shape index (κ3) is 7.61. The van der Waals surface area contributed by atoms with E-state index in [1.807, 2.05) is 0 Å². The monoisotopic (exact) mass is 202 g/mol. The van der Waals surface area contributed by atoms with Crippen molar-refractivity contribution in [3.8, 4) is 0 Å². The van der Waals surface area contributed by atoms with Gasteiger partial charge in [0.2, 0.25) is 0 Å². The van der Waals surface area contributed by atoms with Gasteiger partial charge in [0.05, 0.1) is 11.5 Å². The van der Waals surface area contributed by atoms with E-state index in [-0.39, 0.29) is 0 Å². The van der Waals surface area contributed by atoms with Crippen molar-refractivity contribution in [2.45, 2.75) is 26.7 Å². The molecular weight excluding hydrogens is 184 g/mol. The molecule has 3 nitrogen and oxygen atoms in total. The summed E-state index contributed by atoms with van der Waals surface area (Å²) in [6.07, 6.45) is -0.401. The smallest absolute Gasteiger partial charge is 0.261 e. The minimum absolute atomic E-state index is 0.401. The van der Waals surface area contributed by atoms with Crippen LogP contribution in [-0.2, 0) is 13.9 Å². The van der Waals surface area contributed by atoms with Crippen LogP contribution in [0, 0.1) is 0 Å². The molecule has 0 heterocycles. The van der Waals surface area contributed by atoms with Crippen molar-refractivity contribution >= 4 is 9.76 Å². The van der Waals surface area contributed by atoms with Crippen LogP contribution in [-0.4, -0.2) is 22.7 Å². The zero-order chi connectivity index (χ0) is 10.3. The molecule has 13 heavy (non-hydrogen) atoms. The van der Waals surface area contributed by atoms with Crippen LogP contribution in [0.2, 0.25) is 6.55 Å². The van der Waals surface area contributed by atoms with Crippen LogP contribution in [0.1, 0.15) is 13.8 Å². The molecule has 0 aliphatic heterocycles. The first-order valence-corrected chi connectivity index (χ1v) is 6.27. The van der Waals surface area contributed by atoms with Gasteiger partial charge in [-0.25, -0.2) is 0 Å². The van der Waals surface area contributed by atoms with Gasteiger partial charge >= 0.3 is 0 Å². The maximum atomic E-state index is 5.30. The number of hydrogen-bond donors (Lipinski definition) is 0. The van der Waals surface area contributed by atoms with Gasteiger partial charge in [-0.2, -0.15) is 0 Å². The predicted molar refractivity (Wildman–Crippen MR) is 55.9 cm³/mol. The van der Waals surface area contributed by atoms with E-state index >= 15 is 0 Å². The lowest BCUT2D eigenvalue weighted by Crippen LogP contribution is -2.22. The van der Waals surface area contributed by atoms with Crippen LogP contribution >= 0.6 is 0 Å². The molecule has 0 atom stereocenters. The second kappa shape index (κ2) is 6.74. The molecule has 0 aromatic rings. The van der Waals surface area contributed by atoms with E-state index in [1.165, 1.54) is 0 Å². The highest BCUT2D eigenvalue weighted by molar-refractivity contribution is 6.24. The first-order valence-electron chi connectivity index (χ1n) is 4.28. The van der Waals surface area contributed by atoms with Crippen molar-refractivity contribution in [2.24, 2.45) is 0 Å². The summed E-state index contributed by atoms with van der Waals surface area (Å²) in [4.78, 5) is 0. The van der Waals surface area contributed by atoms with Gasteiger partial charge in [0.25, 0.3) is 6.29 Å². The zero-order valence-corrected chi connectivity index (χ0v) is 10.0. The summed E-state index contributed by atoms with van der Waals surface area (Å²) in [5.41, 5.74) is 0. The molecule has 0 aliphatic carbocycles. The van der Waals surface area contributed by atoms with Crippen molar-refractivity contribution in [3.63, 3.8) is 0 Å². The fraction of sp³-hybridized carbons (Fsp3) is 0.556. The van der Waals surface area contributed by atoms with Gasteiger partial charge in [0.1, 0.15) is 6.61 Å². The summed E-state index contributed by atoms with van der Waals surface area (Å²) in [5, 5.41) is 0. The van der Waals surface area contributed by atoms with Crippen molar-refractivity contribution in [1.82, 2.24) is 0 Å². The Bertz CT molecular complexity index is 164. The second-order valence-corrected chi connectivity index (χ2v) is 3.71. The van der Waals surface area contributed by atoms with E-state index in [0.717, 1.165) is 0 Å². The van der Waals surface area contributed by atoms with Gasteiger partial charge in [0, 0.05) is 0 Å². The van der Waals surface area contributed by atoms with Crippen LogP contribution in [0.5, 0.6) is 0 Å². The quantitative estimate of drug-likeness (QED) is 0.356. The first-order chi connectivity index (χ1) is 6.06. The molecule has 0 fully saturated rings. The largest absolute Gasteiger partial charge is 0.458 e. The molecule has 0 saturated heterocycles. The Morgan fingerprint density at radius 1 is 1.23 bits per heavy atom. The van der Waals surface area contributed by atoms with Gasteiger partial charge in [-0.05, 0) is 13.8 Å². The molecule has 0 amide bonds. The van der Waals surface area contributed by atoms with Crippen molar-refractivity contribution in [1.29, 1.82) is 0 Å². The molecule has 0 bridgehead atoms. The fourth-order valence-electron chi connectivity index (χ4n) is 0.755. The fourth-order valence-corrected chi connectivity index (χ4v) is 1.18. The number of hydrogen-bond acceptors (Lipinski definition) is 3. The maximum absolute atomic E-state index is 5.30. The molecule has 0 aromatic heterocycles. The van der Waals surface area contributed by atoms with Crippen LogP contribution < -0.4 is 0 Å². The summed E-state index contributed by atoms with van der Waals surface area (Å²) in [5.74, 6) is 1.24. The van der Waals surface area contributed by atoms with Gasteiger partial charge in [-0.1, -0.05) is 19.7 Å². The Kier molecular flexibility index (Phi) is 6.35. The lowest BCUT2D eigenvalue weighted by Gasteiger charge is -2.20. The lowest BCUT2D eigenvalue weighted by molar-refractivity contribution is -0.105. The summed E-state index contributed by atoms with van der Waals surface area (Å²) in [7, 11) is -0.416. The van der Waals surface area contributed by atoms with Crippen LogP contribution in [0.15, 0.2) is 24.7 Å². The molecule has 0 unspecified atom stereocenters. The highest BCUT2D eigenvalue weighted by Crippen LogP contribution is 2.06. The molecular formula is C9H18O3Si. The SMILES string of the molecule is C=C(C)OC(CO[SiH2]C)OC(=C)C. The normalized spacial score (nSPS) is 10.8. The Morgan fingerprint density at radius 3 is 2.00 bits per heavy atom. The zero-order valence-electron chi connectivity index (χ0n) is 8.63. The van der Waals surface area contributed by atoms with Gasteiger partial charge < -0.3 is 13.9 Å². The topological polar surface area (TPSA) is 27.7 Å². The highest BCUT2D eigenvalue weighted by Gasteiger charge is 2.10. The van der Waals surface area contributed by atoms with Crippen LogP contribution in [0.25, 0.3) is 0 Å². The Morgan fingerprint density at radius 2 is 1.69 bits per heavy atom. The number of ether oxygens (including phenoxy) is 2. The number of allylic oxidation sites excluding steroid dienone is 2. The van der Waals surface area contributed by atoms with E-state index < -0.39 is 16.1 Å². The van der Waals surface area contributed by atoms with Crippen molar-refractivity contribution in [2.75, 3.05) is 6.61 Å². The van der Waals surface area contributed by atoms with E-state index in [9.17, 15) is 0 Å². The summed E-state index contributed by atoms with van der Waals surface area (Å²) in [6, 6.07) is 0. The minimum Gasteiger partial charge on any atom is -0.458 e. The summed E-state index contributed by atoms with van der Waals surface area (Å²) >= 11 is 0. The van der Waals surface area contributed by atoms with Gasteiger partial charge in [0.15, 0.2) is 9.76 Å². The molecule has 0 rings (SSSR count). The third-order valence-electron chi connectivity index (χ3n) is 1.12. The van der Waals surface area contributed by atoms with E-state index in [2.05, 4.69) is 19.7 Å². The molecule has 0 N–H and O–H groups in total. The molecule has 0 aliphatic rings. The van der Waals surface area contributed by atoms with Gasteiger partial charge in [-0.3, -0.25) is 0 Å². The van der Waals surface area contributed by atoms with Crippen molar-refractivity contribution in [3.05, 3.63) is 24.7 Å². The van der Waals surface area contributed by atoms with Crippen LogP contribution in [0.3, 0.4) is 0 Å². The van der Waals surface area contributed by atoms with E-state index in [4.69, 9.17) is 13.9 Å². The summed E-state index contributed by atoms with van der Waals surface area (Å²) in [6.45, 7) is 13.3. The molecule has 0 aromatic carbocycles. The van der Waals surface area contributed by atoms with Crippen molar-refractivity contribution < 1.29 is 13.9 Å². The Labute approximate surface area is 82.3 Å². The van der Waals surface area contributed by atoms with E-state index in [0.29, 0.717) is 18.1 Å². The second-order valence-electron chi connectivity index (χ2n) is 2.73. The molecule has 4 heteroatoms. The average molecular weight is 202 g/mol. The summed E-state index contributed by atoms with van der Waals surface area (Å²) < 4.78 is 15.9. The lowest BCUT2D eigenvalue weighted by atomic mass is 10.6. The van der Waals surface area contributed by atoms with E-state index in [1.54, 1.807) is 13.8 Å². The van der Waals surface area contributed by atoms with Gasteiger partial charge in [-0.15, -0.1) is 0 Å².